The summed E-state index contributed by atoms with van der Waals surface area (Å²) in [5.74, 6) is -3.75. The van der Waals surface area contributed by atoms with Crippen molar-refractivity contribution in [3.05, 3.63) is 33.5 Å². The third kappa shape index (κ3) is 8.19. The molecule has 0 aromatic carbocycles. The Hall–Kier alpha value is -2.33. The number of hydrogen-bond donors (Lipinski definition) is 4. The van der Waals surface area contributed by atoms with Gasteiger partial charge in [-0.15, -0.1) is 11.3 Å². The molecule has 0 radical (unpaired) electrons. The molecule has 182 valence electrons. The van der Waals surface area contributed by atoms with E-state index in [4.69, 9.17) is 10.2 Å². The first-order chi connectivity index (χ1) is 15.5. The molecule has 10 heteroatoms. The van der Waals surface area contributed by atoms with Crippen LogP contribution in [0.3, 0.4) is 0 Å². The zero-order valence-electron chi connectivity index (χ0n) is 18.5. The van der Waals surface area contributed by atoms with Crippen molar-refractivity contribution in [2.24, 2.45) is 5.92 Å². The predicted octanol–water partition coefficient (Wildman–Crippen LogP) is 3.93. The van der Waals surface area contributed by atoms with Crippen LogP contribution in [-0.4, -0.2) is 52.6 Å². The van der Waals surface area contributed by atoms with Gasteiger partial charge in [0.25, 0.3) is 5.91 Å². The second-order valence-corrected chi connectivity index (χ2v) is 10.3. The monoisotopic (exact) mass is 484 g/mol. The number of nitrogens with one attached hydrogen (secondary N) is 2. The molecule has 2 atom stereocenters. The summed E-state index contributed by atoms with van der Waals surface area (Å²) in [7, 11) is 0. The fourth-order valence-electron chi connectivity index (χ4n) is 3.96. The lowest BCUT2D eigenvalue weighted by atomic mass is 9.92. The number of rotatable bonds is 8. The van der Waals surface area contributed by atoms with Crippen LogP contribution in [0.5, 0.6) is 0 Å². The van der Waals surface area contributed by atoms with Gasteiger partial charge in [-0.1, -0.05) is 0 Å². The lowest BCUT2D eigenvalue weighted by molar-refractivity contribution is -0.134. The third-order valence-corrected chi connectivity index (χ3v) is 7.22. The van der Waals surface area contributed by atoms with Gasteiger partial charge in [-0.3, -0.25) is 4.79 Å². The third-order valence-electron chi connectivity index (χ3n) is 6.16. The highest BCUT2D eigenvalue weighted by Crippen LogP contribution is 2.45. The normalized spacial score (nSPS) is 24.1. The second kappa shape index (κ2) is 10.7. The molecule has 3 aliphatic carbocycles. The van der Waals surface area contributed by atoms with Gasteiger partial charge in [-0.05, 0) is 63.1 Å². The molecule has 7 nitrogen and oxygen atoms in total. The minimum atomic E-state index is -2.55. The van der Waals surface area contributed by atoms with Crippen molar-refractivity contribution in [1.82, 2.24) is 10.6 Å². The molecule has 2 unspecified atom stereocenters. The molecule has 1 heterocycles. The second-order valence-electron chi connectivity index (χ2n) is 9.04. The van der Waals surface area contributed by atoms with Crippen molar-refractivity contribution in [3.8, 4) is 0 Å². The van der Waals surface area contributed by atoms with E-state index in [-0.39, 0.29) is 24.8 Å². The van der Waals surface area contributed by atoms with Crippen LogP contribution in [0.25, 0.3) is 0 Å². The van der Waals surface area contributed by atoms with Gasteiger partial charge in [-0.2, -0.15) is 0 Å². The van der Waals surface area contributed by atoms with Gasteiger partial charge in [0.15, 0.2) is 0 Å². The molecule has 0 aliphatic heterocycles. The first kappa shape index (κ1) is 25.3. The van der Waals surface area contributed by atoms with E-state index in [1.807, 2.05) is 6.07 Å². The Balaban J connectivity index is 0.000000331. The highest BCUT2D eigenvalue weighted by atomic mass is 32.1. The summed E-state index contributed by atoms with van der Waals surface area (Å²) in [6, 6.07) is 2.47. The van der Waals surface area contributed by atoms with Gasteiger partial charge in [0.2, 0.25) is 5.92 Å². The van der Waals surface area contributed by atoms with Crippen LogP contribution in [0.1, 0.15) is 71.0 Å². The molecule has 4 rings (SSSR count). The largest absolute Gasteiger partial charge is 0.478 e. The number of carbonyl (C=O) groups is 3. The molecule has 3 fully saturated rings. The van der Waals surface area contributed by atoms with Crippen LogP contribution in [-0.2, 0) is 9.59 Å². The first-order valence-electron chi connectivity index (χ1n) is 11.2. The van der Waals surface area contributed by atoms with Crippen molar-refractivity contribution < 1.29 is 33.4 Å². The number of hydrogen-bond acceptors (Lipinski definition) is 5. The summed E-state index contributed by atoms with van der Waals surface area (Å²) in [5, 5.41) is 22.2. The topological polar surface area (TPSA) is 116 Å². The van der Waals surface area contributed by atoms with E-state index in [0.29, 0.717) is 37.0 Å². The molecular formula is C23H30F2N2O5S. The molecule has 3 saturated carbocycles. The van der Waals surface area contributed by atoms with Crippen LogP contribution in [0.2, 0.25) is 0 Å². The molecule has 0 bridgehead atoms. The molecule has 33 heavy (non-hydrogen) atoms. The first-order valence-corrected chi connectivity index (χ1v) is 12.0. The lowest BCUT2D eigenvalue weighted by Crippen LogP contribution is -2.40. The smallest absolute Gasteiger partial charge is 0.328 e. The zero-order chi connectivity index (χ0) is 24.2. The number of amides is 1. The van der Waals surface area contributed by atoms with E-state index in [2.05, 4.69) is 17.6 Å². The summed E-state index contributed by atoms with van der Waals surface area (Å²) in [6.07, 6.45) is 5.48. The highest BCUT2D eigenvalue weighted by Gasteiger charge is 2.41. The fourth-order valence-corrected chi connectivity index (χ4v) is 4.96. The SMILES string of the molecule is Cc1sc(C(=O)NC2CCC(F)(F)CC2)cc1C1CC1NCC1CC1.O=C(O)/C=C/C(=O)O. The maximum atomic E-state index is 13.2. The number of aryl methyl sites for hydroxylation is 1. The number of carboxylic acid groups (broad SMARTS) is 2. The number of alkyl halides is 2. The van der Waals surface area contributed by atoms with Crippen LogP contribution < -0.4 is 10.6 Å². The summed E-state index contributed by atoms with van der Waals surface area (Å²) in [5.41, 5.74) is 1.29. The molecule has 4 N–H and O–H groups in total. The summed E-state index contributed by atoms with van der Waals surface area (Å²) in [4.78, 5) is 33.5. The van der Waals surface area contributed by atoms with Crippen LogP contribution in [0.15, 0.2) is 18.2 Å². The van der Waals surface area contributed by atoms with Crippen molar-refractivity contribution in [2.75, 3.05) is 6.54 Å². The van der Waals surface area contributed by atoms with E-state index in [1.54, 1.807) is 0 Å². The maximum Gasteiger partial charge on any atom is 0.328 e. The number of carbonyl (C=O) groups excluding carboxylic acids is 1. The summed E-state index contributed by atoms with van der Waals surface area (Å²) in [6.45, 7) is 3.21. The van der Waals surface area contributed by atoms with E-state index in [9.17, 15) is 23.2 Å². The summed E-state index contributed by atoms with van der Waals surface area (Å²) < 4.78 is 26.5. The fraction of sp³-hybridized carbons (Fsp3) is 0.609. The Morgan fingerprint density at radius 3 is 2.27 bits per heavy atom. The van der Waals surface area contributed by atoms with Crippen LogP contribution in [0, 0.1) is 12.8 Å². The van der Waals surface area contributed by atoms with Crippen molar-refractivity contribution in [2.45, 2.75) is 75.8 Å². The van der Waals surface area contributed by atoms with Gasteiger partial charge >= 0.3 is 11.9 Å². The predicted molar refractivity (Wildman–Crippen MR) is 120 cm³/mol. The molecule has 1 aromatic heterocycles. The Labute approximate surface area is 195 Å². The zero-order valence-corrected chi connectivity index (χ0v) is 19.3. The average Bonchev–Trinajstić information content (AvgIpc) is 3.66. The molecule has 1 amide bonds. The molecule has 0 saturated heterocycles. The Morgan fingerprint density at radius 1 is 1.12 bits per heavy atom. The van der Waals surface area contributed by atoms with Crippen molar-refractivity contribution in [1.29, 1.82) is 0 Å². The number of aliphatic carboxylic acids is 2. The minimum Gasteiger partial charge on any atom is -0.478 e. The van der Waals surface area contributed by atoms with Crippen molar-refractivity contribution >= 4 is 29.2 Å². The Bertz CT molecular complexity index is 887. The van der Waals surface area contributed by atoms with Gasteiger partial charge in [0.05, 0.1) is 4.88 Å². The van der Waals surface area contributed by atoms with Crippen molar-refractivity contribution in [3.63, 3.8) is 0 Å². The van der Waals surface area contributed by atoms with Crippen LogP contribution in [0.4, 0.5) is 8.78 Å². The number of halogens is 2. The maximum absolute atomic E-state index is 13.2. The number of carboxylic acids is 2. The molecule has 3 aliphatic rings. The summed E-state index contributed by atoms with van der Waals surface area (Å²) >= 11 is 1.53. The standard InChI is InChI=1S/C19H26F2N2OS.C4H4O4/c1-11-14(15-8-16(15)22-10-12-2-3-12)9-17(25-11)18(24)23-13-4-6-19(20,21)7-5-13;5-3(6)1-2-4(7)8/h9,12-13,15-16,22H,2-8,10H2,1H3,(H,23,24);1-2H,(H,5,6)(H,7,8)/b;2-1+. The van der Waals surface area contributed by atoms with Gasteiger partial charge in [-0.25, -0.2) is 18.4 Å². The van der Waals surface area contributed by atoms with E-state index >= 15 is 0 Å². The molecular weight excluding hydrogens is 454 g/mol. The highest BCUT2D eigenvalue weighted by molar-refractivity contribution is 7.14. The van der Waals surface area contributed by atoms with Gasteiger partial charge in [0, 0.05) is 47.9 Å². The molecule has 0 spiro atoms. The van der Waals surface area contributed by atoms with Gasteiger partial charge in [0.1, 0.15) is 0 Å². The Morgan fingerprint density at radius 2 is 1.73 bits per heavy atom. The average molecular weight is 485 g/mol. The van der Waals surface area contributed by atoms with Gasteiger partial charge < -0.3 is 20.8 Å². The quantitative estimate of drug-likeness (QED) is 0.416. The number of thiophene rings is 1. The van der Waals surface area contributed by atoms with E-state index in [0.717, 1.165) is 23.8 Å². The Kier molecular flexibility index (Phi) is 8.23. The van der Waals surface area contributed by atoms with Crippen LogP contribution >= 0.6 is 11.3 Å². The molecule has 1 aromatic rings. The van der Waals surface area contributed by atoms with E-state index in [1.165, 1.54) is 34.6 Å². The lowest BCUT2D eigenvalue weighted by Gasteiger charge is -2.28. The van der Waals surface area contributed by atoms with E-state index < -0.39 is 17.9 Å². The minimum absolute atomic E-state index is 0.0993.